The van der Waals surface area contributed by atoms with Crippen molar-refractivity contribution in [1.82, 2.24) is 9.97 Å². The highest BCUT2D eigenvalue weighted by Crippen LogP contribution is 2.20. The van der Waals surface area contributed by atoms with Crippen LogP contribution in [0.5, 0.6) is 5.75 Å². The Labute approximate surface area is 140 Å². The van der Waals surface area contributed by atoms with Gasteiger partial charge in [0.1, 0.15) is 5.75 Å². The third-order valence-electron chi connectivity index (χ3n) is 3.79. The highest BCUT2D eigenvalue weighted by atomic mass is 16.5. The lowest BCUT2D eigenvalue weighted by Gasteiger charge is -2.09. The lowest BCUT2D eigenvalue weighted by Crippen LogP contribution is -2.12. The Morgan fingerprint density at radius 3 is 2.67 bits per heavy atom. The summed E-state index contributed by atoms with van der Waals surface area (Å²) >= 11 is 0. The Balaban J connectivity index is 1.57. The molecule has 5 heteroatoms. The third-order valence-corrected chi connectivity index (χ3v) is 3.79. The van der Waals surface area contributed by atoms with Gasteiger partial charge in [-0.15, -0.1) is 0 Å². The second-order valence-corrected chi connectivity index (χ2v) is 5.40. The van der Waals surface area contributed by atoms with Crippen molar-refractivity contribution in [1.29, 1.82) is 0 Å². The molecule has 5 nitrogen and oxygen atoms in total. The largest absolute Gasteiger partial charge is 0.496 e. The number of H-pyrrole nitrogens is 1. The van der Waals surface area contributed by atoms with E-state index in [4.69, 9.17) is 4.74 Å². The first-order chi connectivity index (χ1) is 11.8. The van der Waals surface area contributed by atoms with Crippen molar-refractivity contribution in [2.45, 2.75) is 12.8 Å². The van der Waals surface area contributed by atoms with Crippen LogP contribution < -0.4 is 10.1 Å². The summed E-state index contributed by atoms with van der Waals surface area (Å²) in [5.41, 5.74) is 3.79. The Hall–Kier alpha value is -3.08. The predicted octanol–water partition coefficient (Wildman–Crippen LogP) is 3.66. The fraction of sp³-hybridized carbons (Fsp3) is 0.158. The summed E-state index contributed by atoms with van der Waals surface area (Å²) in [6.07, 6.45) is 4.45. The highest BCUT2D eigenvalue weighted by Gasteiger charge is 2.07. The molecule has 3 rings (SSSR count). The number of benzene rings is 2. The van der Waals surface area contributed by atoms with E-state index in [2.05, 4.69) is 15.3 Å². The number of aromatic amines is 1. The maximum atomic E-state index is 12.1. The van der Waals surface area contributed by atoms with E-state index >= 15 is 0 Å². The van der Waals surface area contributed by atoms with E-state index in [1.54, 1.807) is 19.6 Å². The molecule has 0 aliphatic rings. The van der Waals surface area contributed by atoms with Gasteiger partial charge in [0, 0.05) is 12.1 Å². The number of nitrogens with zero attached hydrogens (tertiary/aromatic N) is 1. The number of rotatable bonds is 6. The molecule has 0 fully saturated rings. The monoisotopic (exact) mass is 321 g/mol. The van der Waals surface area contributed by atoms with Crippen molar-refractivity contribution in [3.05, 3.63) is 66.6 Å². The highest BCUT2D eigenvalue weighted by molar-refractivity contribution is 5.91. The van der Waals surface area contributed by atoms with Crippen molar-refractivity contribution in [3.63, 3.8) is 0 Å². The van der Waals surface area contributed by atoms with Gasteiger partial charge in [0.25, 0.3) is 0 Å². The van der Waals surface area contributed by atoms with Crippen LogP contribution >= 0.6 is 0 Å². The average molecular weight is 321 g/mol. The lowest BCUT2D eigenvalue weighted by molar-refractivity contribution is -0.116. The van der Waals surface area contributed by atoms with Crippen molar-refractivity contribution < 1.29 is 9.53 Å². The summed E-state index contributed by atoms with van der Waals surface area (Å²) in [5.74, 6) is 0.796. The molecule has 0 atom stereocenters. The van der Waals surface area contributed by atoms with Crippen LogP contribution in [0.2, 0.25) is 0 Å². The van der Waals surface area contributed by atoms with Gasteiger partial charge >= 0.3 is 0 Å². The van der Waals surface area contributed by atoms with Gasteiger partial charge in [-0.2, -0.15) is 0 Å². The molecular formula is C19H19N3O2. The molecule has 2 N–H and O–H groups in total. The Bertz CT molecular complexity index is 796. The molecular weight excluding hydrogens is 302 g/mol. The van der Waals surface area contributed by atoms with Crippen LogP contribution in [0.15, 0.2) is 61.1 Å². The number of para-hydroxylation sites is 1. The molecule has 0 aliphatic carbocycles. The van der Waals surface area contributed by atoms with E-state index < -0.39 is 0 Å². The third kappa shape index (κ3) is 3.81. The molecule has 1 heterocycles. The molecule has 24 heavy (non-hydrogen) atoms. The topological polar surface area (TPSA) is 67.0 Å². The van der Waals surface area contributed by atoms with E-state index in [1.165, 1.54) is 0 Å². The second-order valence-electron chi connectivity index (χ2n) is 5.40. The number of hydrogen-bond acceptors (Lipinski definition) is 3. The number of ether oxygens (including phenoxy) is 1. The number of aromatic nitrogens is 2. The van der Waals surface area contributed by atoms with E-state index in [-0.39, 0.29) is 5.91 Å². The zero-order chi connectivity index (χ0) is 16.8. The molecule has 0 aliphatic heterocycles. The summed E-state index contributed by atoms with van der Waals surface area (Å²) in [6.45, 7) is 0. The quantitative estimate of drug-likeness (QED) is 0.728. The normalized spacial score (nSPS) is 10.4. The van der Waals surface area contributed by atoms with Gasteiger partial charge in [-0.3, -0.25) is 4.79 Å². The summed E-state index contributed by atoms with van der Waals surface area (Å²) in [7, 11) is 1.64. The number of carbonyl (C=O) groups excluding carboxylic acids is 1. The molecule has 1 aromatic heterocycles. The number of methoxy groups -OCH3 is 1. The minimum absolute atomic E-state index is 0.0183. The molecule has 0 radical (unpaired) electrons. The van der Waals surface area contributed by atoms with Gasteiger partial charge < -0.3 is 15.0 Å². The number of anilines is 1. The fourth-order valence-electron chi connectivity index (χ4n) is 2.53. The predicted molar refractivity (Wildman–Crippen MR) is 94.0 cm³/mol. The second kappa shape index (κ2) is 7.46. The Morgan fingerprint density at radius 1 is 1.17 bits per heavy atom. The Kier molecular flexibility index (Phi) is 4.91. The zero-order valence-corrected chi connectivity index (χ0v) is 13.5. The number of aryl methyl sites for hydroxylation is 1. The standard InChI is InChI=1S/C19H19N3O2/c1-24-18-5-3-2-4-15(18)8-11-19(23)22-16-9-6-14(7-10-16)17-12-20-13-21-17/h2-7,9-10,12-13H,8,11H2,1H3,(H,20,21)(H,22,23). The average Bonchev–Trinajstić information content (AvgIpc) is 3.15. The first kappa shape index (κ1) is 15.8. The van der Waals surface area contributed by atoms with Crippen molar-refractivity contribution in [3.8, 4) is 17.0 Å². The van der Waals surface area contributed by atoms with Crippen molar-refractivity contribution >= 4 is 11.6 Å². The molecule has 0 saturated heterocycles. The van der Waals surface area contributed by atoms with Gasteiger partial charge in [-0.1, -0.05) is 30.3 Å². The van der Waals surface area contributed by atoms with E-state index in [1.807, 2.05) is 48.5 Å². The van der Waals surface area contributed by atoms with Crippen LogP contribution in [-0.2, 0) is 11.2 Å². The summed E-state index contributed by atoms with van der Waals surface area (Å²) in [5, 5.41) is 2.92. The van der Waals surface area contributed by atoms with Crippen molar-refractivity contribution in [2.24, 2.45) is 0 Å². The minimum atomic E-state index is -0.0183. The molecule has 3 aromatic rings. The molecule has 0 bridgehead atoms. The van der Waals surface area contributed by atoms with Crippen molar-refractivity contribution in [2.75, 3.05) is 12.4 Å². The number of carbonyl (C=O) groups is 1. The molecule has 2 aromatic carbocycles. The van der Waals surface area contributed by atoms with Crippen LogP contribution in [0, 0.1) is 0 Å². The molecule has 1 amide bonds. The summed E-state index contributed by atoms with van der Waals surface area (Å²) in [4.78, 5) is 19.2. The van der Waals surface area contributed by atoms with Gasteiger partial charge in [0.2, 0.25) is 5.91 Å². The van der Waals surface area contributed by atoms with E-state index in [0.29, 0.717) is 12.8 Å². The van der Waals surface area contributed by atoms with Crippen LogP contribution in [0.4, 0.5) is 5.69 Å². The summed E-state index contributed by atoms with van der Waals surface area (Å²) < 4.78 is 5.30. The number of amides is 1. The maximum Gasteiger partial charge on any atom is 0.224 e. The minimum Gasteiger partial charge on any atom is -0.496 e. The smallest absolute Gasteiger partial charge is 0.224 e. The molecule has 0 unspecified atom stereocenters. The SMILES string of the molecule is COc1ccccc1CCC(=O)Nc1ccc(-c2cnc[nH]2)cc1. The van der Waals surface area contributed by atoms with Crippen LogP contribution in [0.3, 0.4) is 0 Å². The molecule has 122 valence electrons. The summed E-state index contributed by atoms with van der Waals surface area (Å²) in [6, 6.07) is 15.4. The van der Waals surface area contributed by atoms with Gasteiger partial charge in [0.15, 0.2) is 0 Å². The van der Waals surface area contributed by atoms with E-state index in [0.717, 1.165) is 28.3 Å². The maximum absolute atomic E-state index is 12.1. The van der Waals surface area contributed by atoms with Crippen LogP contribution in [-0.4, -0.2) is 23.0 Å². The van der Waals surface area contributed by atoms with Gasteiger partial charge in [-0.25, -0.2) is 4.98 Å². The number of nitrogens with one attached hydrogen (secondary N) is 2. The van der Waals surface area contributed by atoms with Gasteiger partial charge in [-0.05, 0) is 35.7 Å². The molecule has 0 saturated carbocycles. The van der Waals surface area contributed by atoms with Crippen LogP contribution in [0.25, 0.3) is 11.3 Å². The Morgan fingerprint density at radius 2 is 1.96 bits per heavy atom. The number of hydrogen-bond donors (Lipinski definition) is 2. The van der Waals surface area contributed by atoms with Gasteiger partial charge in [0.05, 0.1) is 25.3 Å². The first-order valence-corrected chi connectivity index (χ1v) is 7.77. The number of imidazole rings is 1. The van der Waals surface area contributed by atoms with Crippen LogP contribution in [0.1, 0.15) is 12.0 Å². The zero-order valence-electron chi connectivity index (χ0n) is 13.5. The first-order valence-electron chi connectivity index (χ1n) is 7.77. The lowest BCUT2D eigenvalue weighted by atomic mass is 10.1. The van der Waals surface area contributed by atoms with E-state index in [9.17, 15) is 4.79 Å². The fourth-order valence-corrected chi connectivity index (χ4v) is 2.53. The molecule has 0 spiro atoms.